The SMILES string of the molecule is C=C(C)c1ccc2c(c1)C(=O)N([C@@H](C)c1ccc(Cl)cc1)[C@@]2(c1ccc(Cl)cc1)[C@@H]1COC[C@@H]1O. The van der Waals surface area contributed by atoms with Crippen LogP contribution in [-0.2, 0) is 10.3 Å². The number of fused-ring (bicyclic) bond motifs is 1. The van der Waals surface area contributed by atoms with E-state index in [0.29, 0.717) is 22.2 Å². The van der Waals surface area contributed by atoms with Gasteiger partial charge in [0.1, 0.15) is 5.54 Å². The third-order valence-corrected chi connectivity index (χ3v) is 7.87. The van der Waals surface area contributed by atoms with Crippen molar-refractivity contribution in [3.8, 4) is 0 Å². The second-order valence-corrected chi connectivity index (χ2v) is 10.3. The maximum absolute atomic E-state index is 14.3. The summed E-state index contributed by atoms with van der Waals surface area (Å²) in [6, 6.07) is 20.7. The normalized spacial score (nSPS) is 24.5. The van der Waals surface area contributed by atoms with E-state index in [2.05, 4.69) is 6.58 Å². The van der Waals surface area contributed by atoms with Gasteiger partial charge in [0.2, 0.25) is 0 Å². The lowest BCUT2D eigenvalue weighted by Crippen LogP contribution is -2.54. The van der Waals surface area contributed by atoms with Crippen LogP contribution in [0.3, 0.4) is 0 Å². The molecule has 1 fully saturated rings. The summed E-state index contributed by atoms with van der Waals surface area (Å²) in [6.07, 6.45) is -0.745. The standard InChI is InChI=1S/C29H27Cl2NO3/c1-17(2)20-6-13-25-24(14-20)28(34)32(18(3)19-4-9-22(30)10-5-19)29(25,26-15-35-16-27(26)33)21-7-11-23(31)12-8-21/h4-14,18,26-27,33H,1,15-16H2,2-3H3/t18-,26+,27-,29+/m0/s1. The van der Waals surface area contributed by atoms with E-state index in [1.165, 1.54) is 0 Å². The Hall–Kier alpha value is -2.63. The quantitative estimate of drug-likeness (QED) is 0.429. The zero-order valence-corrected chi connectivity index (χ0v) is 21.2. The molecule has 2 aliphatic rings. The van der Waals surface area contributed by atoms with Gasteiger partial charge in [0.05, 0.1) is 25.4 Å². The van der Waals surface area contributed by atoms with E-state index in [-0.39, 0.29) is 24.5 Å². The van der Waals surface area contributed by atoms with Gasteiger partial charge in [0.25, 0.3) is 5.91 Å². The lowest BCUT2D eigenvalue weighted by atomic mass is 9.70. The molecule has 1 amide bonds. The lowest BCUT2D eigenvalue weighted by Gasteiger charge is -2.47. The molecular weight excluding hydrogens is 481 g/mol. The summed E-state index contributed by atoms with van der Waals surface area (Å²) >= 11 is 12.4. The maximum Gasteiger partial charge on any atom is 0.255 e. The van der Waals surface area contributed by atoms with Crippen LogP contribution in [0.25, 0.3) is 5.57 Å². The number of carbonyl (C=O) groups excluding carboxylic acids is 1. The van der Waals surface area contributed by atoms with Crippen molar-refractivity contribution < 1.29 is 14.6 Å². The number of allylic oxidation sites excluding steroid dienone is 1. The largest absolute Gasteiger partial charge is 0.390 e. The number of amides is 1. The van der Waals surface area contributed by atoms with Crippen molar-refractivity contribution in [2.75, 3.05) is 13.2 Å². The predicted octanol–water partition coefficient (Wildman–Crippen LogP) is 6.49. The number of benzene rings is 3. The van der Waals surface area contributed by atoms with Crippen molar-refractivity contribution >= 4 is 34.7 Å². The number of hydrogen-bond acceptors (Lipinski definition) is 3. The predicted molar refractivity (Wildman–Crippen MR) is 140 cm³/mol. The maximum atomic E-state index is 14.3. The van der Waals surface area contributed by atoms with E-state index in [0.717, 1.165) is 27.8 Å². The number of rotatable bonds is 5. The Morgan fingerprint density at radius 2 is 1.69 bits per heavy atom. The van der Waals surface area contributed by atoms with E-state index in [1.54, 1.807) is 0 Å². The van der Waals surface area contributed by atoms with Gasteiger partial charge in [-0.15, -0.1) is 0 Å². The summed E-state index contributed by atoms with van der Waals surface area (Å²) in [6.45, 7) is 8.55. The second kappa shape index (κ2) is 9.11. The molecule has 2 heterocycles. The Bertz CT molecular complexity index is 1290. The highest BCUT2D eigenvalue weighted by molar-refractivity contribution is 6.30. The molecule has 0 unspecified atom stereocenters. The van der Waals surface area contributed by atoms with Crippen molar-refractivity contribution in [1.29, 1.82) is 0 Å². The summed E-state index contributed by atoms with van der Waals surface area (Å²) in [7, 11) is 0. The molecule has 4 atom stereocenters. The number of nitrogens with zero attached hydrogens (tertiary/aromatic N) is 1. The molecule has 2 aliphatic heterocycles. The minimum atomic E-state index is -0.959. The number of halogens is 2. The molecule has 180 valence electrons. The van der Waals surface area contributed by atoms with E-state index in [4.69, 9.17) is 27.9 Å². The Balaban J connectivity index is 1.82. The van der Waals surface area contributed by atoms with Gasteiger partial charge in [-0.3, -0.25) is 4.79 Å². The van der Waals surface area contributed by atoms with Gasteiger partial charge in [-0.05, 0) is 66.4 Å². The van der Waals surface area contributed by atoms with Crippen LogP contribution >= 0.6 is 23.2 Å². The fourth-order valence-electron chi connectivity index (χ4n) is 5.64. The van der Waals surface area contributed by atoms with Gasteiger partial charge in [0, 0.05) is 21.5 Å². The average Bonchev–Trinajstić information content (AvgIpc) is 3.38. The molecule has 0 aromatic heterocycles. The van der Waals surface area contributed by atoms with E-state index in [9.17, 15) is 9.90 Å². The van der Waals surface area contributed by atoms with Crippen LogP contribution in [-0.4, -0.2) is 35.2 Å². The van der Waals surface area contributed by atoms with Crippen LogP contribution in [0.15, 0.2) is 73.3 Å². The first-order valence-corrected chi connectivity index (χ1v) is 12.4. The minimum Gasteiger partial charge on any atom is -0.390 e. The Kier molecular flexibility index (Phi) is 6.27. The van der Waals surface area contributed by atoms with Crippen LogP contribution in [0.1, 0.15) is 52.5 Å². The van der Waals surface area contributed by atoms with Crippen molar-refractivity contribution in [1.82, 2.24) is 4.90 Å². The summed E-state index contributed by atoms with van der Waals surface area (Å²) in [5.74, 6) is -0.473. The lowest BCUT2D eigenvalue weighted by molar-refractivity contribution is 0.00660. The van der Waals surface area contributed by atoms with Gasteiger partial charge in [-0.2, -0.15) is 0 Å². The smallest absolute Gasteiger partial charge is 0.255 e. The molecule has 1 saturated heterocycles. The van der Waals surface area contributed by atoms with E-state index in [1.807, 2.05) is 85.5 Å². The molecule has 5 rings (SSSR count). The topological polar surface area (TPSA) is 49.8 Å². The number of ether oxygens (including phenoxy) is 1. The molecular formula is C29H27Cl2NO3. The summed E-state index contributed by atoms with van der Waals surface area (Å²) in [5.41, 5.74) is 4.12. The van der Waals surface area contributed by atoms with Crippen molar-refractivity contribution in [2.24, 2.45) is 5.92 Å². The van der Waals surface area contributed by atoms with Gasteiger partial charge < -0.3 is 14.7 Å². The van der Waals surface area contributed by atoms with Gasteiger partial charge in [-0.1, -0.05) is 71.8 Å². The number of aliphatic hydroxyl groups is 1. The first-order valence-electron chi connectivity index (χ1n) is 11.7. The van der Waals surface area contributed by atoms with Crippen LogP contribution in [0.4, 0.5) is 0 Å². The van der Waals surface area contributed by atoms with Crippen LogP contribution in [0.5, 0.6) is 0 Å². The first-order chi connectivity index (χ1) is 16.7. The number of carbonyl (C=O) groups is 1. The second-order valence-electron chi connectivity index (χ2n) is 9.43. The van der Waals surface area contributed by atoms with Crippen LogP contribution in [0.2, 0.25) is 10.0 Å². The summed E-state index contributed by atoms with van der Waals surface area (Å²) in [4.78, 5) is 16.2. The third kappa shape index (κ3) is 3.80. The molecule has 0 radical (unpaired) electrons. The zero-order valence-electron chi connectivity index (χ0n) is 19.7. The fourth-order valence-corrected chi connectivity index (χ4v) is 5.90. The molecule has 0 bridgehead atoms. The van der Waals surface area contributed by atoms with Crippen molar-refractivity contribution in [3.63, 3.8) is 0 Å². The molecule has 1 N–H and O–H groups in total. The van der Waals surface area contributed by atoms with Crippen LogP contribution < -0.4 is 0 Å². The molecule has 35 heavy (non-hydrogen) atoms. The Morgan fingerprint density at radius 3 is 2.26 bits per heavy atom. The summed E-state index contributed by atoms with van der Waals surface area (Å²) in [5, 5.41) is 12.4. The van der Waals surface area contributed by atoms with Crippen molar-refractivity contribution in [3.05, 3.63) is 111 Å². The highest BCUT2D eigenvalue weighted by atomic mass is 35.5. The molecule has 3 aromatic rings. The highest BCUT2D eigenvalue weighted by Crippen LogP contribution is 2.55. The molecule has 0 saturated carbocycles. The Morgan fingerprint density at radius 1 is 1.06 bits per heavy atom. The third-order valence-electron chi connectivity index (χ3n) is 7.36. The molecule has 0 aliphatic carbocycles. The van der Waals surface area contributed by atoms with Gasteiger partial charge >= 0.3 is 0 Å². The molecule has 6 heteroatoms. The van der Waals surface area contributed by atoms with E-state index < -0.39 is 11.6 Å². The number of aliphatic hydroxyl groups excluding tert-OH is 1. The first kappa shape index (κ1) is 24.1. The van der Waals surface area contributed by atoms with Gasteiger partial charge in [-0.25, -0.2) is 0 Å². The van der Waals surface area contributed by atoms with Crippen LogP contribution in [0, 0.1) is 5.92 Å². The summed E-state index contributed by atoms with van der Waals surface area (Å²) < 4.78 is 5.77. The van der Waals surface area contributed by atoms with Crippen molar-refractivity contribution in [2.45, 2.75) is 31.5 Å². The number of hydrogen-bond donors (Lipinski definition) is 1. The minimum absolute atomic E-state index is 0.0976. The van der Waals surface area contributed by atoms with E-state index >= 15 is 0 Å². The average molecular weight is 508 g/mol. The molecule has 4 nitrogen and oxygen atoms in total. The van der Waals surface area contributed by atoms with Gasteiger partial charge in [0.15, 0.2) is 0 Å². The molecule has 3 aromatic carbocycles. The monoisotopic (exact) mass is 507 g/mol. The fraction of sp³-hybridized carbons (Fsp3) is 0.276. The highest BCUT2D eigenvalue weighted by Gasteiger charge is 2.59. The zero-order chi connectivity index (χ0) is 24.9. The molecule has 0 spiro atoms. The Labute approximate surface area is 215 Å².